The number of amides is 3. The molecule has 8 nitrogen and oxygen atoms in total. The zero-order valence-corrected chi connectivity index (χ0v) is 22.8. The van der Waals surface area contributed by atoms with Crippen molar-refractivity contribution < 1.29 is 19.1 Å². The summed E-state index contributed by atoms with van der Waals surface area (Å²) in [5, 5.41) is 8.55. The smallest absolute Gasteiger partial charge is 0.329 e. The molecule has 3 rings (SSSR count). The van der Waals surface area contributed by atoms with E-state index in [9.17, 15) is 14.4 Å². The van der Waals surface area contributed by atoms with Crippen LogP contribution in [0.5, 0.6) is 0 Å². The predicted octanol–water partition coefficient (Wildman–Crippen LogP) is 5.86. The predicted molar refractivity (Wildman–Crippen MR) is 148 cm³/mol. The Kier molecular flexibility index (Phi) is 8.84. The van der Waals surface area contributed by atoms with Gasteiger partial charge in [0, 0.05) is 11.4 Å². The fraction of sp³-hybridized carbons (Fsp3) is 0.483. The number of carbonyl (C=O) groups is 3. The van der Waals surface area contributed by atoms with E-state index in [0.29, 0.717) is 11.4 Å². The molecule has 0 saturated heterocycles. The molecule has 2 aromatic rings. The van der Waals surface area contributed by atoms with Crippen LogP contribution in [-0.4, -0.2) is 29.6 Å². The quantitative estimate of drug-likeness (QED) is 0.288. The third-order valence-corrected chi connectivity index (χ3v) is 6.52. The maximum absolute atomic E-state index is 13.5. The van der Waals surface area contributed by atoms with Gasteiger partial charge in [-0.05, 0) is 89.6 Å². The van der Waals surface area contributed by atoms with Gasteiger partial charge in [0.25, 0.3) is 5.91 Å². The summed E-state index contributed by atoms with van der Waals surface area (Å²) in [7, 11) is 0. The van der Waals surface area contributed by atoms with Gasteiger partial charge in [0.15, 0.2) is 0 Å². The summed E-state index contributed by atoms with van der Waals surface area (Å²) in [4.78, 5) is 39.5. The summed E-state index contributed by atoms with van der Waals surface area (Å²) in [6.07, 6.45) is 4.81. The maximum Gasteiger partial charge on any atom is 0.329 e. The zero-order chi connectivity index (χ0) is 27.3. The number of ether oxygens (including phenoxy) is 1. The molecular formula is C29H40N4O4. The van der Waals surface area contributed by atoms with E-state index in [1.54, 1.807) is 12.1 Å². The van der Waals surface area contributed by atoms with Crippen LogP contribution in [0, 0.1) is 26.7 Å². The molecule has 1 aliphatic carbocycles. The average molecular weight is 509 g/mol. The number of urea groups is 1. The number of rotatable bonds is 6. The van der Waals surface area contributed by atoms with E-state index < -0.39 is 29.6 Å². The normalized spacial score (nSPS) is 15.0. The van der Waals surface area contributed by atoms with Crippen LogP contribution in [0.3, 0.4) is 0 Å². The van der Waals surface area contributed by atoms with Crippen molar-refractivity contribution >= 4 is 35.0 Å². The van der Waals surface area contributed by atoms with Crippen LogP contribution < -0.4 is 21.7 Å². The molecule has 0 aliphatic heterocycles. The molecule has 1 aliphatic rings. The minimum absolute atomic E-state index is 0.00599. The van der Waals surface area contributed by atoms with E-state index in [0.717, 1.165) is 48.8 Å². The van der Waals surface area contributed by atoms with Crippen LogP contribution in [0.15, 0.2) is 30.3 Å². The monoisotopic (exact) mass is 508 g/mol. The number of nitrogen functional groups attached to an aromatic ring is 1. The lowest BCUT2D eigenvalue weighted by molar-refractivity contribution is -0.159. The van der Waals surface area contributed by atoms with Crippen LogP contribution in [-0.2, 0) is 9.53 Å². The first-order chi connectivity index (χ1) is 17.3. The highest BCUT2D eigenvalue weighted by Gasteiger charge is 2.35. The van der Waals surface area contributed by atoms with Crippen LogP contribution in [0.1, 0.15) is 79.9 Å². The lowest BCUT2D eigenvalue weighted by Gasteiger charge is -2.32. The fourth-order valence-corrected chi connectivity index (χ4v) is 4.93. The molecule has 3 amide bonds. The second kappa shape index (κ2) is 11.7. The number of esters is 1. The molecule has 0 spiro atoms. The molecule has 1 fully saturated rings. The molecule has 5 N–H and O–H groups in total. The van der Waals surface area contributed by atoms with Crippen molar-refractivity contribution in [2.45, 2.75) is 85.3 Å². The van der Waals surface area contributed by atoms with E-state index in [2.05, 4.69) is 16.0 Å². The van der Waals surface area contributed by atoms with Crippen LogP contribution in [0.25, 0.3) is 0 Å². The van der Waals surface area contributed by atoms with E-state index in [4.69, 9.17) is 10.5 Å². The Morgan fingerprint density at radius 1 is 0.946 bits per heavy atom. The van der Waals surface area contributed by atoms with Gasteiger partial charge in [0.2, 0.25) is 0 Å². The Bertz CT molecular complexity index is 1140. The van der Waals surface area contributed by atoms with Gasteiger partial charge in [-0.2, -0.15) is 0 Å². The number of benzene rings is 2. The highest BCUT2D eigenvalue weighted by molar-refractivity contribution is 6.08. The lowest BCUT2D eigenvalue weighted by Crippen LogP contribution is -2.49. The molecule has 0 bridgehead atoms. The Morgan fingerprint density at radius 2 is 1.57 bits per heavy atom. The van der Waals surface area contributed by atoms with Crippen LogP contribution in [0.2, 0.25) is 0 Å². The third kappa shape index (κ3) is 7.71. The maximum atomic E-state index is 13.5. The van der Waals surface area contributed by atoms with E-state index in [1.807, 2.05) is 53.7 Å². The van der Waals surface area contributed by atoms with Crippen molar-refractivity contribution in [3.05, 3.63) is 52.6 Å². The first-order valence-corrected chi connectivity index (χ1v) is 12.9. The summed E-state index contributed by atoms with van der Waals surface area (Å²) < 4.78 is 5.65. The topological polar surface area (TPSA) is 123 Å². The van der Waals surface area contributed by atoms with Gasteiger partial charge in [0.1, 0.15) is 11.6 Å². The second-order valence-electron chi connectivity index (χ2n) is 11.0. The van der Waals surface area contributed by atoms with Crippen LogP contribution >= 0.6 is 0 Å². The number of carbonyl (C=O) groups excluding carboxylic acids is 3. The number of nitrogens with one attached hydrogen (secondary N) is 3. The number of hydrogen-bond acceptors (Lipinski definition) is 5. The van der Waals surface area contributed by atoms with Crippen LogP contribution in [0.4, 0.5) is 21.9 Å². The second-order valence-corrected chi connectivity index (χ2v) is 11.0. The summed E-state index contributed by atoms with van der Waals surface area (Å²) in [6, 6.07) is 7.39. The number of nitrogens with two attached hydrogens (primary N) is 1. The molecule has 0 heterocycles. The molecule has 0 unspecified atom stereocenters. The summed E-state index contributed by atoms with van der Waals surface area (Å²) >= 11 is 0. The molecule has 1 saturated carbocycles. The van der Waals surface area contributed by atoms with Gasteiger partial charge in [-0.3, -0.25) is 4.79 Å². The first-order valence-electron chi connectivity index (χ1n) is 12.9. The molecule has 2 aromatic carbocycles. The van der Waals surface area contributed by atoms with Crippen molar-refractivity contribution in [2.75, 3.05) is 16.4 Å². The minimum atomic E-state index is -0.774. The molecular weight excluding hydrogens is 468 g/mol. The van der Waals surface area contributed by atoms with Gasteiger partial charge in [0.05, 0.1) is 11.3 Å². The van der Waals surface area contributed by atoms with Crippen molar-refractivity contribution in [3.8, 4) is 0 Å². The Labute approximate surface area is 219 Å². The van der Waals surface area contributed by atoms with Gasteiger partial charge in [-0.25, -0.2) is 9.59 Å². The fourth-order valence-electron chi connectivity index (χ4n) is 4.93. The standard InChI is InChI=1S/C29H40N4O4/c1-17-14-18(2)24(19(3)15-17)33-28(36)31-23-16-21(30)12-13-22(23)26(34)32-25(20-10-8-7-9-11-20)27(35)37-29(4,5)6/h12-16,20,25H,7-11,30H2,1-6H3,(H,32,34)(H2,31,33,36)/t25-/m0/s1. The van der Waals surface area contributed by atoms with Crippen molar-refractivity contribution in [1.82, 2.24) is 5.32 Å². The molecule has 37 heavy (non-hydrogen) atoms. The Morgan fingerprint density at radius 3 is 2.16 bits per heavy atom. The highest BCUT2D eigenvalue weighted by Crippen LogP contribution is 2.29. The highest BCUT2D eigenvalue weighted by atomic mass is 16.6. The summed E-state index contributed by atoms with van der Waals surface area (Å²) in [5.41, 5.74) is 9.85. The van der Waals surface area contributed by atoms with E-state index in [1.165, 1.54) is 6.07 Å². The SMILES string of the molecule is Cc1cc(C)c(NC(=O)Nc2cc(N)ccc2C(=O)N[C@H](C(=O)OC(C)(C)C)C2CCCCC2)c(C)c1. The number of hydrogen-bond donors (Lipinski definition) is 4. The zero-order valence-electron chi connectivity index (χ0n) is 22.8. The molecule has 200 valence electrons. The van der Waals surface area contributed by atoms with E-state index in [-0.39, 0.29) is 17.2 Å². The van der Waals surface area contributed by atoms with Gasteiger partial charge in [-0.15, -0.1) is 0 Å². The molecule has 8 heteroatoms. The number of aryl methyl sites for hydroxylation is 3. The van der Waals surface area contributed by atoms with Crippen molar-refractivity contribution in [3.63, 3.8) is 0 Å². The largest absolute Gasteiger partial charge is 0.458 e. The van der Waals surface area contributed by atoms with Gasteiger partial charge < -0.3 is 26.4 Å². The summed E-state index contributed by atoms with van der Waals surface area (Å²) in [5.74, 6) is -0.922. The van der Waals surface area contributed by atoms with Gasteiger partial charge >= 0.3 is 12.0 Å². The minimum Gasteiger partial charge on any atom is -0.458 e. The van der Waals surface area contributed by atoms with Crippen molar-refractivity contribution in [1.29, 1.82) is 0 Å². The number of anilines is 3. The average Bonchev–Trinajstić information content (AvgIpc) is 2.79. The van der Waals surface area contributed by atoms with E-state index >= 15 is 0 Å². The lowest BCUT2D eigenvalue weighted by atomic mass is 9.83. The Balaban J connectivity index is 1.82. The first kappa shape index (κ1) is 28.0. The summed E-state index contributed by atoms with van der Waals surface area (Å²) in [6.45, 7) is 11.3. The molecule has 0 radical (unpaired) electrons. The molecule has 1 atom stereocenters. The Hall–Kier alpha value is -3.55. The van der Waals surface area contributed by atoms with Crippen molar-refractivity contribution in [2.24, 2.45) is 5.92 Å². The molecule has 0 aromatic heterocycles. The third-order valence-electron chi connectivity index (χ3n) is 6.52. The van der Waals surface area contributed by atoms with Gasteiger partial charge in [-0.1, -0.05) is 37.0 Å².